The third-order valence-corrected chi connectivity index (χ3v) is 3.69. The van der Waals surface area contributed by atoms with Crippen LogP contribution in [0.15, 0.2) is 4.63 Å². The molecule has 2 rings (SSSR count). The molecule has 19 heavy (non-hydrogen) atoms. The summed E-state index contributed by atoms with van der Waals surface area (Å²) in [7, 11) is 0. The fourth-order valence-electron chi connectivity index (χ4n) is 2.54. The lowest BCUT2D eigenvalue weighted by molar-refractivity contribution is 0.0661. The summed E-state index contributed by atoms with van der Waals surface area (Å²) in [5, 5.41) is 7.12. The highest BCUT2D eigenvalue weighted by Crippen LogP contribution is 2.26. The fourth-order valence-corrected chi connectivity index (χ4v) is 2.54. The lowest BCUT2D eigenvalue weighted by atomic mass is 10.1. The van der Waals surface area contributed by atoms with Crippen molar-refractivity contribution in [3.8, 4) is 0 Å². The van der Waals surface area contributed by atoms with E-state index < -0.39 is 0 Å². The summed E-state index contributed by atoms with van der Waals surface area (Å²) < 4.78 is 4.53. The Balaban J connectivity index is 2.11. The molecule has 1 aromatic rings. The highest BCUT2D eigenvalue weighted by Gasteiger charge is 2.30. The van der Waals surface area contributed by atoms with E-state index in [0.29, 0.717) is 12.0 Å². The quantitative estimate of drug-likeness (QED) is 0.881. The molecule has 0 spiro atoms. The number of nitrogen functional groups attached to an aromatic ring is 1. The van der Waals surface area contributed by atoms with Crippen LogP contribution in [0.5, 0.6) is 0 Å². The molecular formula is C13H22N4O2. The van der Waals surface area contributed by atoms with Gasteiger partial charge in [0.2, 0.25) is 11.5 Å². The Morgan fingerprint density at radius 2 is 2.11 bits per heavy atom. The van der Waals surface area contributed by atoms with Crippen LogP contribution in [0.2, 0.25) is 0 Å². The van der Waals surface area contributed by atoms with Crippen molar-refractivity contribution in [3.63, 3.8) is 0 Å². The fraction of sp³-hybridized carbons (Fsp3) is 0.769. The monoisotopic (exact) mass is 266 g/mol. The Morgan fingerprint density at radius 3 is 2.63 bits per heavy atom. The zero-order chi connectivity index (χ0) is 13.8. The molecular weight excluding hydrogens is 244 g/mol. The van der Waals surface area contributed by atoms with E-state index in [1.165, 1.54) is 12.8 Å². The summed E-state index contributed by atoms with van der Waals surface area (Å²) in [6.07, 6.45) is 5.48. The van der Waals surface area contributed by atoms with Crippen LogP contribution in [0.1, 0.15) is 56.4 Å². The molecule has 0 saturated heterocycles. The molecule has 1 saturated carbocycles. The molecule has 0 radical (unpaired) electrons. The smallest absolute Gasteiger partial charge is 0.280 e. The number of amides is 1. The maximum atomic E-state index is 12.5. The number of hydrogen-bond acceptors (Lipinski definition) is 5. The number of hydrogen-bond donors (Lipinski definition) is 1. The van der Waals surface area contributed by atoms with Crippen LogP contribution in [-0.2, 0) is 0 Å². The predicted molar refractivity (Wildman–Crippen MR) is 71.5 cm³/mol. The average Bonchev–Trinajstić information content (AvgIpc) is 3.00. The number of rotatable bonds is 5. The zero-order valence-electron chi connectivity index (χ0n) is 11.6. The maximum Gasteiger partial charge on any atom is 0.280 e. The third kappa shape index (κ3) is 3.24. The molecule has 1 aromatic heterocycles. The number of nitrogens with zero attached hydrogens (tertiary/aromatic N) is 3. The first-order valence-electron chi connectivity index (χ1n) is 6.98. The van der Waals surface area contributed by atoms with Gasteiger partial charge in [-0.3, -0.25) is 4.79 Å². The maximum absolute atomic E-state index is 12.5. The van der Waals surface area contributed by atoms with Crippen LogP contribution in [0.25, 0.3) is 0 Å². The molecule has 6 nitrogen and oxygen atoms in total. The zero-order valence-corrected chi connectivity index (χ0v) is 11.6. The molecule has 0 unspecified atom stereocenters. The van der Waals surface area contributed by atoms with Crippen molar-refractivity contribution in [1.82, 2.24) is 15.2 Å². The van der Waals surface area contributed by atoms with E-state index in [1.54, 1.807) is 0 Å². The number of anilines is 1. The normalized spacial score (nSPS) is 16.2. The summed E-state index contributed by atoms with van der Waals surface area (Å²) in [6.45, 7) is 5.06. The first-order valence-corrected chi connectivity index (χ1v) is 6.98. The summed E-state index contributed by atoms with van der Waals surface area (Å²) in [6, 6.07) is 0.308. The number of carbonyl (C=O) groups is 1. The van der Waals surface area contributed by atoms with Crippen molar-refractivity contribution in [2.24, 2.45) is 5.92 Å². The second-order valence-electron chi connectivity index (χ2n) is 5.62. The van der Waals surface area contributed by atoms with Crippen LogP contribution in [0.3, 0.4) is 0 Å². The highest BCUT2D eigenvalue weighted by atomic mass is 16.6. The topological polar surface area (TPSA) is 85.2 Å². The van der Waals surface area contributed by atoms with Crippen molar-refractivity contribution in [2.45, 2.75) is 52.0 Å². The first-order chi connectivity index (χ1) is 9.09. The third-order valence-electron chi connectivity index (χ3n) is 3.69. The van der Waals surface area contributed by atoms with Crippen LogP contribution in [-0.4, -0.2) is 33.7 Å². The van der Waals surface area contributed by atoms with Crippen LogP contribution >= 0.6 is 0 Å². The highest BCUT2D eigenvalue weighted by molar-refractivity contribution is 5.96. The molecule has 6 heteroatoms. The van der Waals surface area contributed by atoms with E-state index in [-0.39, 0.29) is 17.4 Å². The van der Waals surface area contributed by atoms with Gasteiger partial charge in [0, 0.05) is 12.6 Å². The second-order valence-corrected chi connectivity index (χ2v) is 5.62. The Kier molecular flexibility index (Phi) is 4.39. The van der Waals surface area contributed by atoms with Gasteiger partial charge in [-0.05, 0) is 35.5 Å². The molecule has 0 bridgehead atoms. The number of carbonyl (C=O) groups excluding carboxylic acids is 1. The molecule has 106 valence electrons. The minimum absolute atomic E-state index is 0.0811. The van der Waals surface area contributed by atoms with Crippen LogP contribution < -0.4 is 5.73 Å². The summed E-state index contributed by atoms with van der Waals surface area (Å²) >= 11 is 0. The number of nitrogens with two attached hydrogens (primary N) is 1. The summed E-state index contributed by atoms with van der Waals surface area (Å²) in [4.78, 5) is 14.4. The van der Waals surface area contributed by atoms with Gasteiger partial charge < -0.3 is 10.6 Å². The summed E-state index contributed by atoms with van der Waals surface area (Å²) in [5.41, 5.74) is 5.77. The first kappa shape index (κ1) is 13.8. The van der Waals surface area contributed by atoms with Gasteiger partial charge >= 0.3 is 0 Å². The van der Waals surface area contributed by atoms with E-state index in [4.69, 9.17) is 5.73 Å². The average molecular weight is 266 g/mol. The molecule has 0 aliphatic heterocycles. The SMILES string of the molecule is CC(C)CCN(C(=O)c1nonc1N)C1CCCC1. The van der Waals surface area contributed by atoms with Crippen molar-refractivity contribution >= 4 is 11.7 Å². The Labute approximate surface area is 113 Å². The second kappa shape index (κ2) is 6.04. The van der Waals surface area contributed by atoms with E-state index in [0.717, 1.165) is 25.8 Å². The molecule has 1 fully saturated rings. The van der Waals surface area contributed by atoms with E-state index in [1.807, 2.05) is 4.90 Å². The van der Waals surface area contributed by atoms with Gasteiger partial charge in [0.25, 0.3) is 5.91 Å². The van der Waals surface area contributed by atoms with Gasteiger partial charge in [-0.1, -0.05) is 26.7 Å². The van der Waals surface area contributed by atoms with Crippen molar-refractivity contribution < 1.29 is 9.42 Å². The molecule has 1 aliphatic carbocycles. The van der Waals surface area contributed by atoms with Gasteiger partial charge in [0.15, 0.2) is 0 Å². The predicted octanol–water partition coefficient (Wildman–Crippen LogP) is 2.08. The molecule has 1 amide bonds. The molecule has 1 aliphatic rings. The van der Waals surface area contributed by atoms with Crippen molar-refractivity contribution in [3.05, 3.63) is 5.69 Å². The lowest BCUT2D eigenvalue weighted by Crippen LogP contribution is -2.40. The van der Waals surface area contributed by atoms with Gasteiger partial charge in [0.1, 0.15) is 0 Å². The largest absolute Gasteiger partial charge is 0.379 e. The minimum Gasteiger partial charge on any atom is -0.379 e. The van der Waals surface area contributed by atoms with Gasteiger partial charge in [-0.25, -0.2) is 4.63 Å². The Morgan fingerprint density at radius 1 is 1.42 bits per heavy atom. The molecule has 1 heterocycles. The lowest BCUT2D eigenvalue weighted by Gasteiger charge is -2.28. The molecule has 0 atom stereocenters. The van der Waals surface area contributed by atoms with Crippen LogP contribution in [0.4, 0.5) is 5.82 Å². The van der Waals surface area contributed by atoms with E-state index in [2.05, 4.69) is 28.8 Å². The van der Waals surface area contributed by atoms with Crippen molar-refractivity contribution in [2.75, 3.05) is 12.3 Å². The Bertz CT molecular complexity index is 424. The summed E-state index contributed by atoms with van der Waals surface area (Å²) in [5.74, 6) is 0.494. The van der Waals surface area contributed by atoms with Crippen molar-refractivity contribution in [1.29, 1.82) is 0 Å². The van der Waals surface area contributed by atoms with Gasteiger partial charge in [-0.15, -0.1) is 0 Å². The number of aromatic nitrogens is 2. The standard InChI is InChI=1S/C13H22N4O2/c1-9(2)7-8-17(10-5-3-4-6-10)13(18)11-12(14)16-19-15-11/h9-10H,3-8H2,1-2H3,(H2,14,16). The molecule has 0 aromatic carbocycles. The van der Waals surface area contributed by atoms with Gasteiger partial charge in [-0.2, -0.15) is 0 Å². The Hall–Kier alpha value is -1.59. The van der Waals surface area contributed by atoms with E-state index in [9.17, 15) is 4.79 Å². The van der Waals surface area contributed by atoms with Gasteiger partial charge in [0.05, 0.1) is 0 Å². The van der Waals surface area contributed by atoms with E-state index >= 15 is 0 Å². The molecule has 2 N–H and O–H groups in total. The van der Waals surface area contributed by atoms with Crippen LogP contribution in [0, 0.1) is 5.92 Å². The minimum atomic E-state index is -0.147.